The summed E-state index contributed by atoms with van der Waals surface area (Å²) < 4.78 is 31.1. The van der Waals surface area contributed by atoms with Crippen molar-refractivity contribution in [1.82, 2.24) is 9.80 Å². The fraction of sp³-hybridized carbons (Fsp3) is 1.00. The second kappa shape index (κ2) is 3.69. The molecule has 0 bridgehead atoms. The van der Waals surface area contributed by atoms with Crippen LogP contribution >= 0.6 is 0 Å². The highest BCUT2D eigenvalue weighted by Gasteiger charge is 2.14. The van der Waals surface area contributed by atoms with E-state index >= 15 is 0 Å². The summed E-state index contributed by atoms with van der Waals surface area (Å²) in [6, 6.07) is 0. The topological polar surface area (TPSA) is 63.7 Å². The average molecular weight is 193 g/mol. The van der Waals surface area contributed by atoms with Crippen LogP contribution in [0.25, 0.3) is 0 Å². The highest BCUT2D eigenvalue weighted by atomic mass is 32.2. The van der Waals surface area contributed by atoms with Gasteiger partial charge >= 0.3 is 0 Å². The smallest absolute Gasteiger partial charge is 0.108 e. The van der Waals surface area contributed by atoms with Crippen LogP contribution in [-0.2, 0) is 10.1 Å². The molecule has 1 heterocycles. The molecule has 0 aromatic rings. The minimum atomic E-state index is -4.08. The van der Waals surface area contributed by atoms with E-state index in [1.54, 1.807) is 4.90 Å². The molecule has 1 aliphatic rings. The molecule has 0 aliphatic carbocycles. The molecule has 72 valence electrons. The van der Waals surface area contributed by atoms with Crippen molar-refractivity contribution in [2.45, 2.75) is 0 Å². The SMILES string of the molecule is CN1CCN(CS(=O)(=O)[O-])CC1. The molecule has 5 nitrogen and oxygen atoms in total. The van der Waals surface area contributed by atoms with Gasteiger partial charge in [0.05, 0.1) is 5.88 Å². The summed E-state index contributed by atoms with van der Waals surface area (Å²) in [4.78, 5) is 3.77. The van der Waals surface area contributed by atoms with Crippen molar-refractivity contribution in [3.05, 3.63) is 0 Å². The van der Waals surface area contributed by atoms with E-state index in [4.69, 9.17) is 0 Å². The van der Waals surface area contributed by atoms with E-state index in [2.05, 4.69) is 4.90 Å². The monoisotopic (exact) mass is 193 g/mol. The van der Waals surface area contributed by atoms with E-state index in [0.717, 1.165) is 13.1 Å². The van der Waals surface area contributed by atoms with Crippen molar-refractivity contribution in [1.29, 1.82) is 0 Å². The maximum absolute atomic E-state index is 10.4. The minimum absolute atomic E-state index is 0.346. The molecular weight excluding hydrogens is 180 g/mol. The van der Waals surface area contributed by atoms with Gasteiger partial charge in [0.1, 0.15) is 10.1 Å². The van der Waals surface area contributed by atoms with E-state index in [1.807, 2.05) is 7.05 Å². The van der Waals surface area contributed by atoms with Crippen molar-refractivity contribution in [2.75, 3.05) is 39.1 Å². The Morgan fingerprint density at radius 2 is 1.75 bits per heavy atom. The number of nitrogens with zero attached hydrogens (tertiary/aromatic N) is 2. The van der Waals surface area contributed by atoms with Crippen molar-refractivity contribution in [3.8, 4) is 0 Å². The van der Waals surface area contributed by atoms with Crippen LogP contribution in [0.3, 0.4) is 0 Å². The van der Waals surface area contributed by atoms with Crippen LogP contribution in [0.15, 0.2) is 0 Å². The largest absolute Gasteiger partial charge is 0.747 e. The first-order chi connectivity index (χ1) is 5.47. The molecule has 0 atom stereocenters. The van der Waals surface area contributed by atoms with Crippen molar-refractivity contribution < 1.29 is 13.0 Å². The summed E-state index contributed by atoms with van der Waals surface area (Å²) >= 11 is 0. The Hall–Kier alpha value is -0.170. The average Bonchev–Trinajstić information content (AvgIpc) is 1.91. The summed E-state index contributed by atoms with van der Waals surface area (Å²) in [6.45, 7) is 2.99. The maximum Gasteiger partial charge on any atom is 0.108 e. The molecular formula is C6H13N2O3S-. The molecule has 6 heteroatoms. The van der Waals surface area contributed by atoms with Gasteiger partial charge in [0.25, 0.3) is 0 Å². The van der Waals surface area contributed by atoms with Crippen LogP contribution in [0.1, 0.15) is 0 Å². The van der Waals surface area contributed by atoms with Crippen molar-refractivity contribution >= 4 is 10.1 Å². The lowest BCUT2D eigenvalue weighted by molar-refractivity contribution is 0.169. The van der Waals surface area contributed by atoms with Crippen LogP contribution in [0.2, 0.25) is 0 Å². The Bertz CT molecular complexity index is 231. The highest BCUT2D eigenvalue weighted by molar-refractivity contribution is 7.85. The maximum atomic E-state index is 10.4. The van der Waals surface area contributed by atoms with Crippen LogP contribution in [0.4, 0.5) is 0 Å². The number of rotatable bonds is 2. The second-order valence-electron chi connectivity index (χ2n) is 3.11. The third-order valence-corrected chi connectivity index (χ3v) is 2.62. The Morgan fingerprint density at radius 3 is 2.17 bits per heavy atom. The fourth-order valence-electron chi connectivity index (χ4n) is 1.20. The summed E-state index contributed by atoms with van der Waals surface area (Å²) in [5, 5.41) is 0. The zero-order valence-corrected chi connectivity index (χ0v) is 7.88. The molecule has 1 fully saturated rings. The normalized spacial score (nSPS) is 22.8. The van der Waals surface area contributed by atoms with E-state index in [-0.39, 0.29) is 5.88 Å². The van der Waals surface area contributed by atoms with Crippen LogP contribution in [0.5, 0.6) is 0 Å². The zero-order valence-electron chi connectivity index (χ0n) is 7.06. The molecule has 1 aliphatic heterocycles. The first kappa shape index (κ1) is 9.91. The molecule has 0 spiro atoms. The lowest BCUT2D eigenvalue weighted by atomic mass is 10.4. The highest BCUT2D eigenvalue weighted by Crippen LogP contribution is 2.00. The molecule has 0 aromatic carbocycles. The van der Waals surface area contributed by atoms with Gasteiger partial charge in [-0.1, -0.05) is 0 Å². The van der Waals surface area contributed by atoms with Gasteiger partial charge in [0.2, 0.25) is 0 Å². The quantitative estimate of drug-likeness (QED) is 0.512. The van der Waals surface area contributed by atoms with Crippen LogP contribution < -0.4 is 0 Å². The predicted octanol–water partition coefficient (Wildman–Crippen LogP) is -1.26. The van der Waals surface area contributed by atoms with Gasteiger partial charge in [-0.05, 0) is 7.05 Å². The molecule has 0 radical (unpaired) electrons. The first-order valence-corrected chi connectivity index (χ1v) is 5.39. The predicted molar refractivity (Wildman–Crippen MR) is 43.6 cm³/mol. The molecule has 1 rings (SSSR count). The lowest BCUT2D eigenvalue weighted by Gasteiger charge is -2.32. The van der Waals surface area contributed by atoms with E-state index in [0.29, 0.717) is 13.1 Å². The Kier molecular flexibility index (Phi) is 3.05. The second-order valence-corrected chi connectivity index (χ2v) is 4.48. The van der Waals surface area contributed by atoms with Gasteiger partial charge in [-0.15, -0.1) is 0 Å². The fourth-order valence-corrected chi connectivity index (χ4v) is 1.91. The van der Waals surface area contributed by atoms with Crippen molar-refractivity contribution in [3.63, 3.8) is 0 Å². The minimum Gasteiger partial charge on any atom is -0.747 e. The van der Waals surface area contributed by atoms with Gasteiger partial charge in [-0.2, -0.15) is 0 Å². The first-order valence-electron chi connectivity index (χ1n) is 3.82. The summed E-state index contributed by atoms with van der Waals surface area (Å²) in [6.07, 6.45) is 0. The number of hydrogen-bond donors (Lipinski definition) is 0. The summed E-state index contributed by atoms with van der Waals surface area (Å²) in [5.41, 5.74) is 0. The zero-order chi connectivity index (χ0) is 9.19. The molecule has 0 amide bonds. The molecule has 1 saturated heterocycles. The number of piperazine rings is 1. The van der Waals surface area contributed by atoms with Gasteiger partial charge in [-0.3, -0.25) is 4.90 Å². The third kappa shape index (κ3) is 3.48. The number of hydrogen-bond acceptors (Lipinski definition) is 5. The molecule has 0 unspecified atom stereocenters. The third-order valence-electron chi connectivity index (χ3n) is 1.94. The van der Waals surface area contributed by atoms with Crippen LogP contribution in [-0.4, -0.2) is 61.9 Å². The van der Waals surface area contributed by atoms with E-state index in [1.165, 1.54) is 0 Å². The van der Waals surface area contributed by atoms with Gasteiger partial charge in [-0.25, -0.2) is 8.42 Å². The molecule has 0 aromatic heterocycles. The standard InChI is InChI=1S/C6H14N2O3S/c1-7-2-4-8(5-3-7)6-12(9,10)11/h2-6H2,1H3,(H,9,10,11)/p-1. The molecule has 0 saturated carbocycles. The summed E-state index contributed by atoms with van der Waals surface area (Å²) in [7, 11) is -2.11. The van der Waals surface area contributed by atoms with Crippen molar-refractivity contribution in [2.24, 2.45) is 0 Å². The summed E-state index contributed by atoms with van der Waals surface area (Å²) in [5.74, 6) is -0.346. The van der Waals surface area contributed by atoms with E-state index in [9.17, 15) is 13.0 Å². The van der Waals surface area contributed by atoms with E-state index < -0.39 is 10.1 Å². The Morgan fingerprint density at radius 1 is 1.25 bits per heavy atom. The number of likely N-dealkylation sites (N-methyl/N-ethyl adjacent to an activating group) is 1. The van der Waals surface area contributed by atoms with Gasteiger partial charge in [0, 0.05) is 26.2 Å². The molecule has 0 N–H and O–H groups in total. The van der Waals surface area contributed by atoms with Gasteiger partial charge in [0.15, 0.2) is 0 Å². The lowest BCUT2D eigenvalue weighted by Crippen LogP contribution is -2.46. The molecule has 12 heavy (non-hydrogen) atoms. The Balaban J connectivity index is 2.36. The van der Waals surface area contributed by atoms with Gasteiger partial charge < -0.3 is 9.45 Å². The Labute approximate surface area is 72.7 Å². The van der Waals surface area contributed by atoms with Crippen LogP contribution in [0, 0.1) is 0 Å².